The van der Waals surface area contributed by atoms with Gasteiger partial charge in [0.15, 0.2) is 6.61 Å². The highest BCUT2D eigenvalue weighted by Gasteiger charge is 2.28. The van der Waals surface area contributed by atoms with Crippen molar-refractivity contribution in [2.24, 2.45) is 5.73 Å². The Morgan fingerprint density at radius 1 is 1.26 bits per heavy atom. The maximum Gasteiger partial charge on any atom is 0.422 e. The Labute approximate surface area is 140 Å². The summed E-state index contributed by atoms with van der Waals surface area (Å²) in [5.41, 5.74) is 5.72. The Morgan fingerprint density at radius 2 is 1.83 bits per heavy atom. The quantitative estimate of drug-likeness (QED) is 0.790. The van der Waals surface area contributed by atoms with E-state index in [0.29, 0.717) is 6.42 Å². The van der Waals surface area contributed by atoms with Gasteiger partial charge in [-0.05, 0) is 31.0 Å². The van der Waals surface area contributed by atoms with Crippen molar-refractivity contribution in [2.75, 3.05) is 6.61 Å². The highest BCUT2D eigenvalue weighted by Crippen LogP contribution is 2.19. The fourth-order valence-electron chi connectivity index (χ4n) is 1.89. The Bertz CT molecular complexity index is 490. The molecule has 0 heterocycles. The molecular formula is C15H22ClF3N2O2. The number of alkyl halides is 3. The molecule has 1 aromatic rings. The standard InChI is InChI=1S/C15H21F3N2O2.ClH/c1-3-8-14(2,19)13(21)20-9-11-4-6-12(7-5-11)22-10-15(16,17)18;/h4-7H,3,8-10,19H2,1-2H3,(H,20,21);1H. The molecule has 8 heteroatoms. The van der Waals surface area contributed by atoms with E-state index in [-0.39, 0.29) is 30.6 Å². The van der Waals surface area contributed by atoms with Crippen LogP contribution in [-0.4, -0.2) is 24.2 Å². The predicted molar refractivity (Wildman–Crippen MR) is 84.6 cm³/mol. The first-order valence-corrected chi connectivity index (χ1v) is 7.00. The number of hydrogen-bond donors (Lipinski definition) is 2. The van der Waals surface area contributed by atoms with Gasteiger partial charge in [-0.25, -0.2) is 0 Å². The third-order valence-electron chi connectivity index (χ3n) is 3.07. The van der Waals surface area contributed by atoms with Gasteiger partial charge in [0.05, 0.1) is 5.54 Å². The number of nitrogens with one attached hydrogen (secondary N) is 1. The first-order chi connectivity index (χ1) is 10.1. The number of benzene rings is 1. The van der Waals surface area contributed by atoms with E-state index in [1.54, 1.807) is 19.1 Å². The molecule has 0 saturated heterocycles. The van der Waals surface area contributed by atoms with E-state index < -0.39 is 18.3 Å². The zero-order valence-corrected chi connectivity index (χ0v) is 13.9. The molecule has 0 spiro atoms. The van der Waals surface area contributed by atoms with Crippen LogP contribution in [0.4, 0.5) is 13.2 Å². The summed E-state index contributed by atoms with van der Waals surface area (Å²) in [4.78, 5) is 11.9. The average Bonchev–Trinajstić information content (AvgIpc) is 2.42. The molecule has 4 nitrogen and oxygen atoms in total. The van der Waals surface area contributed by atoms with Gasteiger partial charge < -0.3 is 15.8 Å². The van der Waals surface area contributed by atoms with Gasteiger partial charge in [0, 0.05) is 6.54 Å². The predicted octanol–water partition coefficient (Wildman–Crippen LogP) is 3.18. The maximum atomic E-state index is 12.0. The Kier molecular flexibility index (Phi) is 8.41. The fraction of sp³-hybridized carbons (Fsp3) is 0.533. The van der Waals surface area contributed by atoms with E-state index in [9.17, 15) is 18.0 Å². The van der Waals surface area contributed by atoms with E-state index in [1.165, 1.54) is 12.1 Å². The number of ether oxygens (including phenoxy) is 1. The highest BCUT2D eigenvalue weighted by molar-refractivity contribution is 5.85. The number of hydrogen-bond acceptors (Lipinski definition) is 3. The van der Waals surface area contributed by atoms with E-state index in [4.69, 9.17) is 5.73 Å². The van der Waals surface area contributed by atoms with Crippen LogP contribution < -0.4 is 15.8 Å². The molecule has 1 atom stereocenters. The smallest absolute Gasteiger partial charge is 0.422 e. The summed E-state index contributed by atoms with van der Waals surface area (Å²) in [5, 5.41) is 2.72. The van der Waals surface area contributed by atoms with Gasteiger partial charge in [-0.2, -0.15) is 13.2 Å². The largest absolute Gasteiger partial charge is 0.484 e. The fourth-order valence-corrected chi connectivity index (χ4v) is 1.89. The molecule has 1 aromatic carbocycles. The summed E-state index contributed by atoms with van der Waals surface area (Å²) < 4.78 is 40.7. The third kappa shape index (κ3) is 8.08. The molecule has 23 heavy (non-hydrogen) atoms. The number of halogens is 4. The van der Waals surface area contributed by atoms with Gasteiger partial charge >= 0.3 is 6.18 Å². The molecule has 0 bridgehead atoms. The van der Waals surface area contributed by atoms with Gasteiger partial charge in [0.25, 0.3) is 0 Å². The molecule has 3 N–H and O–H groups in total. The number of nitrogens with two attached hydrogens (primary N) is 1. The third-order valence-corrected chi connectivity index (χ3v) is 3.07. The molecule has 1 unspecified atom stereocenters. The normalized spacial score (nSPS) is 13.7. The zero-order valence-electron chi connectivity index (χ0n) is 13.1. The van der Waals surface area contributed by atoms with Crippen LogP contribution in [0.5, 0.6) is 5.75 Å². The lowest BCUT2D eigenvalue weighted by molar-refractivity contribution is -0.153. The summed E-state index contributed by atoms with van der Waals surface area (Å²) in [6.45, 7) is 2.54. The molecule has 132 valence electrons. The van der Waals surface area contributed by atoms with Crippen molar-refractivity contribution in [3.05, 3.63) is 29.8 Å². The van der Waals surface area contributed by atoms with Gasteiger partial charge in [-0.1, -0.05) is 25.5 Å². The lowest BCUT2D eigenvalue weighted by Crippen LogP contribution is -2.51. The summed E-state index contributed by atoms with van der Waals surface area (Å²) in [6.07, 6.45) is -2.99. The molecule has 0 saturated carbocycles. The lowest BCUT2D eigenvalue weighted by atomic mass is 9.96. The SMILES string of the molecule is CCCC(C)(N)C(=O)NCc1ccc(OCC(F)(F)F)cc1.Cl. The molecule has 0 aliphatic rings. The van der Waals surface area contributed by atoms with Crippen molar-refractivity contribution in [2.45, 2.75) is 44.9 Å². The van der Waals surface area contributed by atoms with Crippen molar-refractivity contribution >= 4 is 18.3 Å². The molecule has 0 aromatic heterocycles. The van der Waals surface area contributed by atoms with Crippen LogP contribution in [0.1, 0.15) is 32.3 Å². The number of carbonyl (C=O) groups excluding carboxylic acids is 1. The average molecular weight is 355 g/mol. The molecule has 0 aliphatic heterocycles. The van der Waals surface area contributed by atoms with Crippen LogP contribution >= 0.6 is 12.4 Å². The van der Waals surface area contributed by atoms with Gasteiger partial charge in [0.2, 0.25) is 5.91 Å². The summed E-state index contributed by atoms with van der Waals surface area (Å²) >= 11 is 0. The topological polar surface area (TPSA) is 64.4 Å². The zero-order chi connectivity index (χ0) is 16.8. The lowest BCUT2D eigenvalue weighted by Gasteiger charge is -2.22. The van der Waals surface area contributed by atoms with E-state index in [0.717, 1.165) is 12.0 Å². The molecule has 0 fully saturated rings. The summed E-state index contributed by atoms with van der Waals surface area (Å²) in [7, 11) is 0. The van der Waals surface area contributed by atoms with Crippen molar-refractivity contribution in [1.29, 1.82) is 0 Å². The molecule has 1 rings (SSSR count). The second-order valence-electron chi connectivity index (χ2n) is 5.40. The Morgan fingerprint density at radius 3 is 2.30 bits per heavy atom. The van der Waals surface area contributed by atoms with Crippen molar-refractivity contribution in [3.63, 3.8) is 0 Å². The highest BCUT2D eigenvalue weighted by atomic mass is 35.5. The molecule has 1 amide bonds. The number of amides is 1. The van der Waals surface area contributed by atoms with Crippen molar-refractivity contribution in [1.82, 2.24) is 5.32 Å². The first kappa shape index (κ1) is 21.5. The minimum atomic E-state index is -4.36. The van der Waals surface area contributed by atoms with E-state index >= 15 is 0 Å². The Hall–Kier alpha value is -1.47. The second-order valence-corrected chi connectivity index (χ2v) is 5.40. The van der Waals surface area contributed by atoms with Crippen molar-refractivity contribution in [3.8, 4) is 5.75 Å². The van der Waals surface area contributed by atoms with Crippen LogP contribution in [0.15, 0.2) is 24.3 Å². The maximum absolute atomic E-state index is 12.0. The van der Waals surface area contributed by atoms with E-state index in [1.807, 2.05) is 6.92 Å². The van der Waals surface area contributed by atoms with Gasteiger partial charge in [0.1, 0.15) is 5.75 Å². The summed E-state index contributed by atoms with van der Waals surface area (Å²) in [5.74, 6) is -0.131. The minimum Gasteiger partial charge on any atom is -0.484 e. The van der Waals surface area contributed by atoms with Crippen LogP contribution in [0, 0.1) is 0 Å². The van der Waals surface area contributed by atoms with Crippen LogP contribution in [-0.2, 0) is 11.3 Å². The minimum absolute atomic E-state index is 0. The second kappa shape index (κ2) is 8.98. The molecule has 0 radical (unpaired) electrons. The van der Waals surface area contributed by atoms with Crippen LogP contribution in [0.25, 0.3) is 0 Å². The van der Waals surface area contributed by atoms with Gasteiger partial charge in [-0.3, -0.25) is 4.79 Å². The first-order valence-electron chi connectivity index (χ1n) is 7.00. The van der Waals surface area contributed by atoms with Gasteiger partial charge in [-0.15, -0.1) is 12.4 Å². The van der Waals surface area contributed by atoms with Crippen molar-refractivity contribution < 1.29 is 22.7 Å². The van der Waals surface area contributed by atoms with E-state index in [2.05, 4.69) is 10.1 Å². The molecule has 0 aliphatic carbocycles. The number of rotatable bonds is 7. The monoisotopic (exact) mass is 354 g/mol. The Balaban J connectivity index is 0.00000484. The summed E-state index contributed by atoms with van der Waals surface area (Å²) in [6, 6.07) is 6.06. The molecular weight excluding hydrogens is 333 g/mol. The van der Waals surface area contributed by atoms with Crippen LogP contribution in [0.3, 0.4) is 0 Å². The number of carbonyl (C=O) groups is 1. The van der Waals surface area contributed by atoms with Crippen LogP contribution in [0.2, 0.25) is 0 Å².